The number of nitrogens with zero attached hydrogens (tertiary/aromatic N) is 5. The summed E-state index contributed by atoms with van der Waals surface area (Å²) in [6, 6.07) is 5.37. The van der Waals surface area contributed by atoms with Gasteiger partial charge in [-0.25, -0.2) is 14.8 Å². The van der Waals surface area contributed by atoms with Crippen LogP contribution in [0.25, 0.3) is 0 Å². The average Bonchev–Trinajstić information content (AvgIpc) is 2.96. The fourth-order valence-corrected chi connectivity index (χ4v) is 3.70. The van der Waals surface area contributed by atoms with Crippen LogP contribution in [-0.4, -0.2) is 36.3 Å². The number of hydrogen-bond donors (Lipinski definition) is 0. The number of ether oxygens (including phenoxy) is 2. The zero-order valence-electron chi connectivity index (χ0n) is 11.7. The van der Waals surface area contributed by atoms with Gasteiger partial charge in [-0.15, -0.1) is 0 Å². The third-order valence-electron chi connectivity index (χ3n) is 2.47. The Bertz CT molecular complexity index is 772. The molecule has 1 aliphatic heterocycles. The van der Waals surface area contributed by atoms with Crippen molar-refractivity contribution in [3.05, 3.63) is 21.2 Å². The summed E-state index contributed by atoms with van der Waals surface area (Å²) in [6.45, 7) is 0.254. The van der Waals surface area contributed by atoms with E-state index < -0.39 is 5.97 Å². The van der Waals surface area contributed by atoms with Gasteiger partial charge >= 0.3 is 5.97 Å². The van der Waals surface area contributed by atoms with Gasteiger partial charge in [0.2, 0.25) is 0 Å². The maximum absolute atomic E-state index is 11.9. The number of aromatic nitrogens is 2. The lowest BCUT2D eigenvalue weighted by molar-refractivity contribution is -0.139. The number of fused-ring (bicyclic) bond motifs is 1. The highest BCUT2D eigenvalue weighted by Gasteiger charge is 2.29. The monoisotopic (exact) mass is 345 g/mol. The molecule has 0 N–H and O–H groups in total. The molecule has 0 amide bonds. The average molecular weight is 345 g/mol. The first kappa shape index (κ1) is 16.8. The minimum Gasteiger partial charge on any atom is -0.459 e. The molecule has 10 heteroatoms. The third-order valence-corrected chi connectivity index (χ3v) is 4.83. The smallest absolute Gasteiger partial charge is 0.350 e. The second kappa shape index (κ2) is 7.61. The highest BCUT2D eigenvalue weighted by atomic mass is 32.2. The van der Waals surface area contributed by atoms with Gasteiger partial charge in [-0.2, -0.15) is 15.8 Å². The van der Waals surface area contributed by atoms with E-state index in [-0.39, 0.29) is 30.2 Å². The number of methoxy groups -OCH3 is 1. The summed E-state index contributed by atoms with van der Waals surface area (Å²) in [6.07, 6.45) is 0. The van der Waals surface area contributed by atoms with Crippen molar-refractivity contribution in [3.63, 3.8) is 0 Å². The fraction of sp³-hybridized carbons (Fsp3) is 0.231. The van der Waals surface area contributed by atoms with E-state index >= 15 is 0 Å². The Kier molecular flexibility index (Phi) is 5.56. The van der Waals surface area contributed by atoms with Crippen LogP contribution in [0.2, 0.25) is 0 Å². The van der Waals surface area contributed by atoms with Crippen LogP contribution < -0.4 is 0 Å². The molecule has 8 nitrogen and oxygen atoms in total. The van der Waals surface area contributed by atoms with Gasteiger partial charge < -0.3 is 9.47 Å². The van der Waals surface area contributed by atoms with Crippen molar-refractivity contribution in [2.24, 2.45) is 0 Å². The number of carbonyl (C=O) groups excluding carboxylic acids is 1. The highest BCUT2D eigenvalue weighted by molar-refractivity contribution is 8.24. The summed E-state index contributed by atoms with van der Waals surface area (Å²) in [7, 11) is 1.47. The number of rotatable bonds is 4. The van der Waals surface area contributed by atoms with Crippen LogP contribution in [0.5, 0.6) is 0 Å². The molecule has 2 heterocycles. The molecule has 0 spiro atoms. The van der Waals surface area contributed by atoms with E-state index in [1.165, 1.54) is 7.11 Å². The van der Waals surface area contributed by atoms with Gasteiger partial charge in [0, 0.05) is 7.11 Å². The van der Waals surface area contributed by atoms with Crippen LogP contribution in [0.4, 0.5) is 0 Å². The Morgan fingerprint density at radius 1 is 1.09 bits per heavy atom. The van der Waals surface area contributed by atoms with E-state index in [1.54, 1.807) is 18.2 Å². The molecule has 23 heavy (non-hydrogen) atoms. The number of hydrogen-bond acceptors (Lipinski definition) is 10. The Balaban J connectivity index is 2.29. The maximum Gasteiger partial charge on any atom is 0.350 e. The minimum atomic E-state index is -0.770. The standard InChI is InChI=1S/C13H7N5O3S2/c1-20-2-3-21-12(19)7(4-14)13-22-10-11(23-13)18-9(6-16)8(5-15)17-10/h2-3H2,1H3. The predicted molar refractivity (Wildman–Crippen MR) is 78.7 cm³/mol. The van der Waals surface area contributed by atoms with Crippen LogP contribution in [0.15, 0.2) is 19.9 Å². The summed E-state index contributed by atoms with van der Waals surface area (Å²) >= 11 is 2.08. The normalized spacial score (nSPS) is 11.8. The molecule has 0 aromatic carbocycles. The second-order valence-corrected chi connectivity index (χ2v) is 6.12. The summed E-state index contributed by atoms with van der Waals surface area (Å²) in [4.78, 5) is 20.0. The van der Waals surface area contributed by atoms with Gasteiger partial charge in [0.05, 0.1) is 10.8 Å². The van der Waals surface area contributed by atoms with Crippen LogP contribution in [0.3, 0.4) is 0 Å². The lowest BCUT2D eigenvalue weighted by Crippen LogP contribution is -2.11. The van der Waals surface area contributed by atoms with Gasteiger partial charge in [0.1, 0.15) is 34.9 Å². The molecule has 2 rings (SSSR count). The second-order valence-electron chi connectivity index (χ2n) is 3.86. The molecule has 0 radical (unpaired) electrons. The molecule has 0 saturated heterocycles. The lowest BCUT2D eigenvalue weighted by atomic mass is 10.3. The highest BCUT2D eigenvalue weighted by Crippen LogP contribution is 2.50. The quantitative estimate of drug-likeness (QED) is 0.340. The molecule has 0 atom stereocenters. The van der Waals surface area contributed by atoms with E-state index in [0.717, 1.165) is 23.5 Å². The maximum atomic E-state index is 11.9. The Morgan fingerprint density at radius 2 is 1.65 bits per heavy atom. The van der Waals surface area contributed by atoms with Gasteiger partial charge in [-0.1, -0.05) is 23.5 Å². The predicted octanol–water partition coefficient (Wildman–Crippen LogP) is 1.34. The molecule has 0 aliphatic carbocycles. The first-order chi connectivity index (χ1) is 11.1. The van der Waals surface area contributed by atoms with E-state index in [2.05, 4.69) is 9.97 Å². The van der Waals surface area contributed by atoms with Crippen LogP contribution in [0.1, 0.15) is 11.4 Å². The molecule has 0 unspecified atom stereocenters. The number of thioether (sulfide) groups is 2. The van der Waals surface area contributed by atoms with Gasteiger partial charge in [-0.3, -0.25) is 0 Å². The summed E-state index contributed by atoms with van der Waals surface area (Å²) < 4.78 is 10.0. The molecule has 0 saturated carbocycles. The largest absolute Gasteiger partial charge is 0.459 e. The molecule has 114 valence electrons. The Morgan fingerprint density at radius 3 is 2.09 bits per heavy atom. The summed E-state index contributed by atoms with van der Waals surface area (Å²) in [5, 5.41) is 27.8. The van der Waals surface area contributed by atoms with Crippen molar-refractivity contribution in [1.29, 1.82) is 15.8 Å². The molecular formula is C13H7N5O3S2. The number of nitriles is 3. The molecule has 0 bridgehead atoms. The molecular weight excluding hydrogens is 338 g/mol. The Labute approximate surface area is 139 Å². The van der Waals surface area contributed by atoms with Gasteiger partial charge in [0.15, 0.2) is 17.0 Å². The zero-order chi connectivity index (χ0) is 16.8. The van der Waals surface area contributed by atoms with Crippen molar-refractivity contribution in [3.8, 4) is 18.2 Å². The Hall–Kier alpha value is -2.58. The van der Waals surface area contributed by atoms with Crippen LogP contribution >= 0.6 is 23.5 Å². The van der Waals surface area contributed by atoms with E-state index in [9.17, 15) is 10.1 Å². The van der Waals surface area contributed by atoms with Crippen molar-refractivity contribution in [2.45, 2.75) is 10.1 Å². The van der Waals surface area contributed by atoms with Crippen molar-refractivity contribution < 1.29 is 14.3 Å². The number of carbonyl (C=O) groups is 1. The van der Waals surface area contributed by atoms with E-state index in [0.29, 0.717) is 14.3 Å². The van der Waals surface area contributed by atoms with Crippen LogP contribution in [0, 0.1) is 34.0 Å². The lowest BCUT2D eigenvalue weighted by Gasteiger charge is -2.03. The van der Waals surface area contributed by atoms with Crippen molar-refractivity contribution >= 4 is 29.5 Å². The molecule has 1 aromatic rings. The minimum absolute atomic E-state index is 0.0315. The van der Waals surface area contributed by atoms with Gasteiger partial charge in [0.25, 0.3) is 0 Å². The first-order valence-electron chi connectivity index (χ1n) is 6.03. The molecule has 1 aromatic heterocycles. The zero-order valence-corrected chi connectivity index (χ0v) is 13.3. The van der Waals surface area contributed by atoms with Gasteiger partial charge in [-0.05, 0) is 0 Å². The van der Waals surface area contributed by atoms with E-state index in [1.807, 2.05) is 0 Å². The van der Waals surface area contributed by atoms with E-state index in [4.69, 9.17) is 20.0 Å². The number of esters is 1. The SMILES string of the molecule is COCCOC(=O)C(C#N)=C1Sc2nc(C#N)c(C#N)nc2S1. The third kappa shape index (κ3) is 3.61. The van der Waals surface area contributed by atoms with Crippen LogP contribution in [-0.2, 0) is 14.3 Å². The fourth-order valence-electron chi connectivity index (χ4n) is 1.46. The topological polar surface area (TPSA) is 133 Å². The summed E-state index contributed by atoms with van der Waals surface area (Å²) in [5.41, 5.74) is -0.364. The molecule has 0 fully saturated rings. The van der Waals surface area contributed by atoms with Crippen molar-refractivity contribution in [1.82, 2.24) is 9.97 Å². The first-order valence-corrected chi connectivity index (χ1v) is 7.66. The van der Waals surface area contributed by atoms with Crippen molar-refractivity contribution in [2.75, 3.05) is 20.3 Å². The molecule has 1 aliphatic rings. The summed E-state index contributed by atoms with van der Waals surface area (Å²) in [5.74, 6) is -0.770.